The van der Waals surface area contributed by atoms with Crippen LogP contribution in [0.15, 0.2) is 48.7 Å². The summed E-state index contributed by atoms with van der Waals surface area (Å²) in [5, 5.41) is 4.15. The van der Waals surface area contributed by atoms with Crippen LogP contribution in [-0.2, 0) is 4.74 Å². The van der Waals surface area contributed by atoms with Gasteiger partial charge in [0.2, 0.25) is 0 Å². The first kappa shape index (κ1) is 20.5. The number of carbonyl (C=O) groups excluding carboxylic acids is 1. The van der Waals surface area contributed by atoms with Crippen molar-refractivity contribution >= 4 is 28.2 Å². The Balaban J connectivity index is 2.13. The van der Waals surface area contributed by atoms with Gasteiger partial charge in [-0.2, -0.15) is 0 Å². The molecule has 0 saturated carbocycles. The molecule has 3 aromatic rings. The van der Waals surface area contributed by atoms with Crippen LogP contribution in [-0.4, -0.2) is 30.8 Å². The van der Waals surface area contributed by atoms with Gasteiger partial charge >= 0.3 is 5.97 Å². The van der Waals surface area contributed by atoms with Crippen molar-refractivity contribution in [2.45, 2.75) is 27.2 Å². The molecule has 0 aliphatic carbocycles. The molecule has 6 heteroatoms. The van der Waals surface area contributed by atoms with Gasteiger partial charge in [0, 0.05) is 11.6 Å². The van der Waals surface area contributed by atoms with Crippen molar-refractivity contribution in [1.29, 1.82) is 0 Å². The Morgan fingerprint density at radius 3 is 2.62 bits per heavy atom. The predicted octanol–water partition coefficient (Wildman–Crippen LogP) is 5.34. The minimum atomic E-state index is -0.432. The number of hydrogen-bond acceptors (Lipinski definition) is 6. The zero-order valence-corrected chi connectivity index (χ0v) is 17.0. The van der Waals surface area contributed by atoms with Gasteiger partial charge in [-0.15, -0.1) is 0 Å². The molecule has 0 radical (unpaired) electrons. The van der Waals surface area contributed by atoms with Crippen molar-refractivity contribution < 1.29 is 19.0 Å². The second-order valence-corrected chi connectivity index (χ2v) is 6.35. The van der Waals surface area contributed by atoms with Crippen LogP contribution in [0.5, 0.6) is 11.5 Å². The van der Waals surface area contributed by atoms with E-state index in [4.69, 9.17) is 14.2 Å². The van der Waals surface area contributed by atoms with Gasteiger partial charge in [-0.3, -0.25) is 4.98 Å². The number of benzene rings is 2. The molecule has 0 atom stereocenters. The van der Waals surface area contributed by atoms with Crippen LogP contribution >= 0.6 is 0 Å². The molecule has 6 nitrogen and oxygen atoms in total. The molecule has 0 saturated heterocycles. The number of anilines is 2. The van der Waals surface area contributed by atoms with Crippen LogP contribution in [0, 0.1) is 0 Å². The summed E-state index contributed by atoms with van der Waals surface area (Å²) in [6, 6.07) is 13.3. The quantitative estimate of drug-likeness (QED) is 0.494. The number of pyridine rings is 1. The number of aromatic nitrogens is 1. The molecule has 0 fully saturated rings. The number of nitrogens with one attached hydrogen (secondary N) is 1. The van der Waals surface area contributed by atoms with E-state index in [1.54, 1.807) is 13.1 Å². The number of fused-ring (bicyclic) bond motifs is 1. The summed E-state index contributed by atoms with van der Waals surface area (Å²) in [5.41, 5.74) is 2.48. The molecule has 3 rings (SSSR count). The molecule has 1 aromatic heterocycles. The minimum absolute atomic E-state index is 0.283. The topological polar surface area (TPSA) is 69.7 Å². The number of hydrogen-bond donors (Lipinski definition) is 1. The number of nitrogens with zero attached hydrogens (tertiary/aromatic N) is 1. The van der Waals surface area contributed by atoms with Crippen LogP contribution in [0.1, 0.15) is 37.6 Å². The molecule has 0 spiro atoms. The molecule has 1 N–H and O–H groups in total. The van der Waals surface area contributed by atoms with Gasteiger partial charge in [0.15, 0.2) is 0 Å². The van der Waals surface area contributed by atoms with Crippen LogP contribution in [0.25, 0.3) is 10.9 Å². The molecule has 0 bridgehead atoms. The van der Waals surface area contributed by atoms with Gasteiger partial charge in [0.25, 0.3) is 0 Å². The summed E-state index contributed by atoms with van der Waals surface area (Å²) in [7, 11) is 0. The van der Waals surface area contributed by atoms with Gasteiger partial charge in [0.05, 0.1) is 36.7 Å². The van der Waals surface area contributed by atoms with Crippen molar-refractivity contribution in [3.05, 3.63) is 54.2 Å². The number of rotatable bonds is 9. The Morgan fingerprint density at radius 2 is 1.86 bits per heavy atom. The molecule has 0 aliphatic heterocycles. The lowest BCUT2D eigenvalue weighted by Gasteiger charge is -2.17. The number of para-hydroxylation sites is 2. The van der Waals surface area contributed by atoms with E-state index < -0.39 is 5.97 Å². The van der Waals surface area contributed by atoms with E-state index in [1.165, 1.54) is 0 Å². The van der Waals surface area contributed by atoms with Gasteiger partial charge in [-0.1, -0.05) is 19.1 Å². The molecule has 29 heavy (non-hydrogen) atoms. The number of esters is 1. The summed E-state index contributed by atoms with van der Waals surface area (Å²) < 4.78 is 16.8. The van der Waals surface area contributed by atoms with E-state index in [-0.39, 0.29) is 6.61 Å². The van der Waals surface area contributed by atoms with E-state index in [1.807, 2.05) is 49.4 Å². The highest BCUT2D eigenvalue weighted by atomic mass is 16.5. The standard InChI is InChI=1S/C23H26N2O4/c1-4-13-29-21-10-8-7-9-20(21)25-22-17-14-16(27-5-2)11-12-19(17)24-15-18(22)23(26)28-6-3/h7-12,14-15H,4-6,13H2,1-3H3,(H,24,25). The number of carbonyl (C=O) groups is 1. The van der Waals surface area contributed by atoms with Crippen LogP contribution in [0.4, 0.5) is 11.4 Å². The molecule has 0 amide bonds. The molecule has 1 heterocycles. The van der Waals surface area contributed by atoms with Gasteiger partial charge in [0.1, 0.15) is 17.1 Å². The first-order valence-electron chi connectivity index (χ1n) is 9.89. The third-order valence-electron chi connectivity index (χ3n) is 4.25. The predicted molar refractivity (Wildman–Crippen MR) is 114 cm³/mol. The molecule has 0 unspecified atom stereocenters. The van der Waals surface area contributed by atoms with E-state index >= 15 is 0 Å². The zero-order chi connectivity index (χ0) is 20.6. The van der Waals surface area contributed by atoms with E-state index in [0.717, 1.165) is 28.8 Å². The lowest BCUT2D eigenvalue weighted by Crippen LogP contribution is -2.10. The second-order valence-electron chi connectivity index (χ2n) is 6.35. The van der Waals surface area contributed by atoms with Gasteiger partial charge < -0.3 is 19.5 Å². The average Bonchev–Trinajstić information content (AvgIpc) is 2.73. The highest BCUT2D eigenvalue weighted by molar-refractivity contribution is 6.06. The van der Waals surface area contributed by atoms with Crippen LogP contribution < -0.4 is 14.8 Å². The highest BCUT2D eigenvalue weighted by Gasteiger charge is 2.18. The summed E-state index contributed by atoms with van der Waals surface area (Å²) in [4.78, 5) is 17.0. The maximum absolute atomic E-state index is 12.6. The SMILES string of the molecule is CCCOc1ccccc1Nc1c(C(=O)OCC)cnc2ccc(OCC)cc12. The first-order valence-corrected chi connectivity index (χ1v) is 9.89. The van der Waals surface area contributed by atoms with Crippen LogP contribution in [0.3, 0.4) is 0 Å². The van der Waals surface area contributed by atoms with Crippen molar-refractivity contribution in [3.8, 4) is 11.5 Å². The third-order valence-corrected chi connectivity index (χ3v) is 4.25. The Morgan fingerprint density at radius 1 is 1.03 bits per heavy atom. The highest BCUT2D eigenvalue weighted by Crippen LogP contribution is 2.35. The van der Waals surface area contributed by atoms with Crippen LogP contribution in [0.2, 0.25) is 0 Å². The summed E-state index contributed by atoms with van der Waals surface area (Å²) >= 11 is 0. The largest absolute Gasteiger partial charge is 0.494 e. The van der Waals surface area contributed by atoms with Gasteiger partial charge in [-0.05, 0) is 50.6 Å². The molecule has 2 aromatic carbocycles. The number of ether oxygens (including phenoxy) is 3. The normalized spacial score (nSPS) is 10.6. The summed E-state index contributed by atoms with van der Waals surface area (Å²) in [6.07, 6.45) is 2.44. The Kier molecular flexibility index (Phi) is 6.89. The molecular formula is C23H26N2O4. The fourth-order valence-corrected chi connectivity index (χ4v) is 2.97. The Hall–Kier alpha value is -3.28. The third kappa shape index (κ3) is 4.77. The average molecular weight is 394 g/mol. The minimum Gasteiger partial charge on any atom is -0.494 e. The lowest BCUT2D eigenvalue weighted by atomic mass is 10.1. The molecule has 152 valence electrons. The summed E-state index contributed by atoms with van der Waals surface area (Å²) in [5.74, 6) is 0.995. The Bertz CT molecular complexity index is 988. The maximum Gasteiger partial charge on any atom is 0.341 e. The second kappa shape index (κ2) is 9.78. The van der Waals surface area contributed by atoms with Crippen molar-refractivity contribution in [3.63, 3.8) is 0 Å². The van der Waals surface area contributed by atoms with Gasteiger partial charge in [-0.25, -0.2) is 4.79 Å². The zero-order valence-electron chi connectivity index (χ0n) is 17.0. The maximum atomic E-state index is 12.6. The molecular weight excluding hydrogens is 368 g/mol. The van der Waals surface area contributed by atoms with E-state index in [2.05, 4.69) is 17.2 Å². The first-order chi connectivity index (χ1) is 14.2. The monoisotopic (exact) mass is 394 g/mol. The fraction of sp³-hybridized carbons (Fsp3) is 0.304. The molecule has 0 aliphatic rings. The smallest absolute Gasteiger partial charge is 0.341 e. The van der Waals surface area contributed by atoms with E-state index in [9.17, 15) is 4.79 Å². The summed E-state index contributed by atoms with van der Waals surface area (Å²) in [6.45, 7) is 7.20. The van der Waals surface area contributed by atoms with Crippen molar-refractivity contribution in [2.24, 2.45) is 0 Å². The van der Waals surface area contributed by atoms with Crippen molar-refractivity contribution in [2.75, 3.05) is 25.1 Å². The Labute approximate surface area is 170 Å². The lowest BCUT2D eigenvalue weighted by molar-refractivity contribution is 0.0527. The van der Waals surface area contributed by atoms with Crippen molar-refractivity contribution in [1.82, 2.24) is 4.98 Å². The fourth-order valence-electron chi connectivity index (χ4n) is 2.97. The van der Waals surface area contributed by atoms with E-state index in [0.29, 0.717) is 30.2 Å².